The fourth-order valence-corrected chi connectivity index (χ4v) is 2.42. The van der Waals surface area contributed by atoms with Crippen LogP contribution in [0.2, 0.25) is 0 Å². The van der Waals surface area contributed by atoms with Crippen molar-refractivity contribution in [3.8, 4) is 5.75 Å². The third-order valence-electron chi connectivity index (χ3n) is 3.38. The lowest BCUT2D eigenvalue weighted by Crippen LogP contribution is -2.32. The molecule has 1 aromatic rings. The van der Waals surface area contributed by atoms with Gasteiger partial charge in [0.2, 0.25) is 5.91 Å². The van der Waals surface area contributed by atoms with Crippen LogP contribution >= 0.6 is 12.4 Å². The number of halogens is 1. The van der Waals surface area contributed by atoms with Gasteiger partial charge in [-0.3, -0.25) is 4.79 Å². The van der Waals surface area contributed by atoms with Crippen molar-refractivity contribution in [2.45, 2.75) is 32.2 Å². The smallest absolute Gasteiger partial charge is 0.248 e. The second-order valence-corrected chi connectivity index (χ2v) is 4.57. The molecule has 0 saturated heterocycles. The minimum absolute atomic E-state index is 0. The minimum Gasteiger partial charge on any atom is -0.496 e. The Labute approximate surface area is 120 Å². The van der Waals surface area contributed by atoms with Crippen LogP contribution in [0.15, 0.2) is 18.2 Å². The first kappa shape index (κ1) is 15.8. The summed E-state index contributed by atoms with van der Waals surface area (Å²) in [5.41, 5.74) is 7.72. The van der Waals surface area contributed by atoms with Gasteiger partial charge in [0.15, 0.2) is 0 Å². The molecule has 0 radical (unpaired) electrons. The second-order valence-electron chi connectivity index (χ2n) is 4.57. The van der Waals surface area contributed by atoms with E-state index in [2.05, 4.69) is 6.92 Å². The highest BCUT2D eigenvalue weighted by atomic mass is 35.5. The lowest BCUT2D eigenvalue weighted by Gasteiger charge is -2.17. The van der Waals surface area contributed by atoms with Gasteiger partial charge in [-0.15, -0.1) is 12.4 Å². The van der Waals surface area contributed by atoms with E-state index in [0.29, 0.717) is 5.75 Å². The van der Waals surface area contributed by atoms with Gasteiger partial charge in [-0.05, 0) is 18.6 Å². The molecule has 2 rings (SSSR count). The molecule has 0 aliphatic carbocycles. The van der Waals surface area contributed by atoms with E-state index in [-0.39, 0.29) is 18.3 Å². The van der Waals surface area contributed by atoms with E-state index in [4.69, 9.17) is 10.5 Å². The lowest BCUT2D eigenvalue weighted by molar-refractivity contribution is -0.119. The monoisotopic (exact) mass is 284 g/mol. The number of fused-ring (bicyclic) bond motifs is 1. The van der Waals surface area contributed by atoms with Crippen LogP contribution in [0.1, 0.15) is 37.8 Å². The molecule has 0 fully saturated rings. The Balaban J connectivity index is 0.00000180. The van der Waals surface area contributed by atoms with Gasteiger partial charge in [0.1, 0.15) is 11.8 Å². The molecule has 1 atom stereocenters. The van der Waals surface area contributed by atoms with Gasteiger partial charge in [0.05, 0.1) is 12.8 Å². The van der Waals surface area contributed by atoms with Gasteiger partial charge < -0.3 is 15.4 Å². The van der Waals surface area contributed by atoms with E-state index in [1.54, 1.807) is 12.0 Å². The third-order valence-corrected chi connectivity index (χ3v) is 3.38. The molecular formula is C14H21ClN2O2. The predicted octanol–water partition coefficient (Wildman–Crippen LogP) is 2.65. The Hall–Kier alpha value is -1.26. The Kier molecular flexibility index (Phi) is 5.63. The highest BCUT2D eigenvalue weighted by Crippen LogP contribution is 2.40. The molecule has 19 heavy (non-hydrogen) atoms. The summed E-state index contributed by atoms with van der Waals surface area (Å²) in [6.45, 7) is 2.88. The molecule has 0 spiro atoms. The van der Waals surface area contributed by atoms with Crippen molar-refractivity contribution in [1.82, 2.24) is 0 Å². The molecule has 2 N–H and O–H groups in total. The van der Waals surface area contributed by atoms with Crippen molar-refractivity contribution in [1.29, 1.82) is 0 Å². The van der Waals surface area contributed by atoms with Crippen molar-refractivity contribution < 1.29 is 9.53 Å². The van der Waals surface area contributed by atoms with Gasteiger partial charge in [-0.1, -0.05) is 25.8 Å². The Morgan fingerprint density at radius 3 is 2.74 bits per heavy atom. The summed E-state index contributed by atoms with van der Waals surface area (Å²) in [5.74, 6) is 0.678. The number of benzene rings is 1. The molecule has 1 aromatic carbocycles. The van der Waals surface area contributed by atoms with E-state index in [9.17, 15) is 4.79 Å². The molecule has 1 amide bonds. The highest BCUT2D eigenvalue weighted by molar-refractivity contribution is 6.05. The second kappa shape index (κ2) is 6.78. The normalized spacial score (nSPS) is 17.1. The molecule has 1 aliphatic heterocycles. The van der Waals surface area contributed by atoms with Gasteiger partial charge in [-0.25, -0.2) is 0 Å². The van der Waals surface area contributed by atoms with Crippen molar-refractivity contribution in [3.63, 3.8) is 0 Å². The van der Waals surface area contributed by atoms with Gasteiger partial charge in [0.25, 0.3) is 0 Å². The summed E-state index contributed by atoms with van der Waals surface area (Å²) >= 11 is 0. The lowest BCUT2D eigenvalue weighted by atomic mass is 10.1. The number of carbonyl (C=O) groups excluding carboxylic acids is 1. The molecule has 5 heteroatoms. The molecule has 106 valence electrons. The van der Waals surface area contributed by atoms with Crippen LogP contribution in [0.3, 0.4) is 0 Å². The topological polar surface area (TPSA) is 55.6 Å². The largest absolute Gasteiger partial charge is 0.496 e. The summed E-state index contributed by atoms with van der Waals surface area (Å²) < 4.78 is 5.29. The predicted molar refractivity (Wildman–Crippen MR) is 79.0 cm³/mol. The number of hydrogen-bond acceptors (Lipinski definition) is 3. The zero-order valence-corrected chi connectivity index (χ0v) is 12.2. The SMILES string of the molecule is CCCCCN1C(=O)C(N)c2c(OC)cccc21.Cl. The fourth-order valence-electron chi connectivity index (χ4n) is 2.42. The Morgan fingerprint density at radius 2 is 2.11 bits per heavy atom. The van der Waals surface area contributed by atoms with E-state index >= 15 is 0 Å². The number of nitrogens with two attached hydrogens (primary N) is 1. The van der Waals surface area contributed by atoms with E-state index < -0.39 is 6.04 Å². The number of anilines is 1. The molecule has 0 saturated carbocycles. The maximum Gasteiger partial charge on any atom is 0.248 e. The molecule has 0 aromatic heterocycles. The first-order valence-corrected chi connectivity index (χ1v) is 6.44. The van der Waals surface area contributed by atoms with E-state index in [1.165, 1.54) is 0 Å². The fraction of sp³-hybridized carbons (Fsp3) is 0.500. The number of methoxy groups -OCH3 is 1. The molecule has 1 aliphatic rings. The van der Waals surface area contributed by atoms with Crippen molar-refractivity contribution in [2.75, 3.05) is 18.6 Å². The van der Waals surface area contributed by atoms with Gasteiger partial charge >= 0.3 is 0 Å². The summed E-state index contributed by atoms with van der Waals surface area (Å²) in [4.78, 5) is 14.0. The van der Waals surface area contributed by atoms with Crippen LogP contribution in [0.25, 0.3) is 0 Å². The van der Waals surface area contributed by atoms with Crippen molar-refractivity contribution >= 4 is 24.0 Å². The third kappa shape index (κ3) is 2.85. The van der Waals surface area contributed by atoms with Crippen molar-refractivity contribution in [3.05, 3.63) is 23.8 Å². The molecule has 1 heterocycles. The van der Waals surface area contributed by atoms with Crippen LogP contribution in [0, 0.1) is 0 Å². The molecule has 1 unspecified atom stereocenters. The average Bonchev–Trinajstić information content (AvgIpc) is 2.64. The number of hydrogen-bond donors (Lipinski definition) is 1. The average molecular weight is 285 g/mol. The maximum absolute atomic E-state index is 12.2. The van der Waals surface area contributed by atoms with Crippen molar-refractivity contribution in [2.24, 2.45) is 5.73 Å². The number of amides is 1. The molecule has 4 nitrogen and oxygen atoms in total. The molecule has 0 bridgehead atoms. The van der Waals surface area contributed by atoms with Gasteiger partial charge in [0, 0.05) is 12.1 Å². The standard InChI is InChI=1S/C14H20N2O2.ClH/c1-3-4-5-9-16-10-7-6-8-11(18-2)12(10)13(15)14(16)17;/h6-8,13H,3-5,9,15H2,1-2H3;1H. The molecular weight excluding hydrogens is 264 g/mol. The van der Waals surface area contributed by atoms with Gasteiger partial charge in [-0.2, -0.15) is 0 Å². The van der Waals surface area contributed by atoms with Crippen LogP contribution < -0.4 is 15.4 Å². The van der Waals surface area contributed by atoms with Crippen LogP contribution in [0.5, 0.6) is 5.75 Å². The zero-order valence-electron chi connectivity index (χ0n) is 11.4. The summed E-state index contributed by atoms with van der Waals surface area (Å²) in [7, 11) is 1.60. The quantitative estimate of drug-likeness (QED) is 0.846. The minimum atomic E-state index is -0.585. The maximum atomic E-state index is 12.2. The van der Waals surface area contributed by atoms with Crippen LogP contribution in [-0.2, 0) is 4.79 Å². The highest BCUT2D eigenvalue weighted by Gasteiger charge is 2.36. The number of rotatable bonds is 5. The summed E-state index contributed by atoms with van der Waals surface area (Å²) in [6, 6.07) is 5.10. The number of carbonyl (C=O) groups is 1. The van der Waals surface area contributed by atoms with Crippen LogP contribution in [0.4, 0.5) is 5.69 Å². The summed E-state index contributed by atoms with van der Waals surface area (Å²) in [6.07, 6.45) is 3.27. The first-order valence-electron chi connectivity index (χ1n) is 6.44. The van der Waals surface area contributed by atoms with E-state index in [1.807, 2.05) is 18.2 Å². The Morgan fingerprint density at radius 1 is 1.37 bits per heavy atom. The number of unbranched alkanes of at least 4 members (excludes halogenated alkanes) is 2. The van der Waals surface area contributed by atoms with Crippen LogP contribution in [-0.4, -0.2) is 19.6 Å². The van der Waals surface area contributed by atoms with E-state index in [0.717, 1.165) is 37.1 Å². The number of ether oxygens (including phenoxy) is 1. The summed E-state index contributed by atoms with van der Waals surface area (Å²) in [5, 5.41) is 0. The first-order chi connectivity index (χ1) is 8.70. The number of nitrogens with zero attached hydrogens (tertiary/aromatic N) is 1. The zero-order chi connectivity index (χ0) is 13.1. The Bertz CT molecular complexity index is 451.